The zero-order chi connectivity index (χ0) is 19.0. The molecule has 1 aromatic carbocycles. The highest BCUT2D eigenvalue weighted by Gasteiger charge is 2.15. The molecule has 0 aliphatic heterocycles. The molecule has 0 aliphatic rings. The summed E-state index contributed by atoms with van der Waals surface area (Å²) in [4.78, 5) is 13.5. The lowest BCUT2D eigenvalue weighted by atomic mass is 10.2. The van der Waals surface area contributed by atoms with Crippen molar-refractivity contribution in [2.24, 2.45) is 0 Å². The standard InChI is InChI=1S/C17H15N5O3S2/c1-24-13-5-4-10(6-14(13)25-2)15-21-22-9-12(20-17(22)26-15)11-7-18-16(19-8-11)27(3)23/h4-9H,1-3H3. The van der Waals surface area contributed by atoms with E-state index in [0.717, 1.165) is 21.1 Å². The molecule has 0 saturated carbocycles. The molecule has 0 spiro atoms. The van der Waals surface area contributed by atoms with Gasteiger partial charge in [0.05, 0.1) is 26.1 Å². The first-order valence-electron chi connectivity index (χ1n) is 7.83. The van der Waals surface area contributed by atoms with Crippen LogP contribution >= 0.6 is 11.3 Å². The monoisotopic (exact) mass is 401 g/mol. The lowest BCUT2D eigenvalue weighted by Gasteiger charge is -2.07. The van der Waals surface area contributed by atoms with E-state index in [9.17, 15) is 4.55 Å². The molecule has 0 amide bonds. The second kappa shape index (κ2) is 7.14. The number of rotatable bonds is 5. The predicted octanol–water partition coefficient (Wildman–Crippen LogP) is 2.67. The number of benzene rings is 1. The third kappa shape index (κ3) is 3.34. The van der Waals surface area contributed by atoms with Crippen molar-refractivity contribution in [2.75, 3.05) is 20.5 Å². The number of imidazole rings is 1. The van der Waals surface area contributed by atoms with Gasteiger partial charge in [0, 0.05) is 34.7 Å². The van der Waals surface area contributed by atoms with Crippen molar-refractivity contribution in [3.63, 3.8) is 0 Å². The second-order valence-electron chi connectivity index (χ2n) is 5.54. The minimum atomic E-state index is -1.21. The van der Waals surface area contributed by atoms with Crippen LogP contribution in [-0.4, -0.2) is 49.6 Å². The molecule has 4 rings (SSSR count). The molecule has 0 saturated heterocycles. The van der Waals surface area contributed by atoms with Crippen LogP contribution in [0.25, 0.3) is 26.8 Å². The lowest BCUT2D eigenvalue weighted by molar-refractivity contribution is 0.355. The van der Waals surface area contributed by atoms with Crippen LogP contribution in [0.4, 0.5) is 0 Å². The summed E-state index contributed by atoms with van der Waals surface area (Å²) in [7, 11) is 3.20. The Balaban J connectivity index is 1.66. The summed E-state index contributed by atoms with van der Waals surface area (Å²) in [5, 5.41) is 5.71. The summed E-state index contributed by atoms with van der Waals surface area (Å²) in [5.41, 5.74) is 2.37. The molecule has 3 aromatic heterocycles. The number of methoxy groups -OCH3 is 2. The minimum absolute atomic E-state index is 0.300. The van der Waals surface area contributed by atoms with Gasteiger partial charge < -0.3 is 14.0 Å². The fourth-order valence-electron chi connectivity index (χ4n) is 2.52. The molecule has 0 bridgehead atoms. The highest BCUT2D eigenvalue weighted by atomic mass is 32.2. The van der Waals surface area contributed by atoms with Crippen molar-refractivity contribution in [3.8, 4) is 33.3 Å². The Bertz CT molecular complexity index is 1060. The average molecular weight is 401 g/mol. The van der Waals surface area contributed by atoms with Gasteiger partial charge in [-0.25, -0.2) is 9.50 Å². The minimum Gasteiger partial charge on any atom is -0.609 e. The fraction of sp³-hybridized carbons (Fsp3) is 0.176. The highest BCUT2D eigenvalue weighted by molar-refractivity contribution is 7.90. The maximum atomic E-state index is 11.4. The van der Waals surface area contributed by atoms with Gasteiger partial charge in [-0.05, 0) is 18.2 Å². The molecule has 0 radical (unpaired) electrons. The van der Waals surface area contributed by atoms with Crippen LogP contribution in [-0.2, 0) is 11.2 Å². The van der Waals surface area contributed by atoms with Crippen molar-refractivity contribution in [3.05, 3.63) is 36.8 Å². The van der Waals surface area contributed by atoms with Crippen LogP contribution in [0, 0.1) is 0 Å². The van der Waals surface area contributed by atoms with Crippen LogP contribution in [0.1, 0.15) is 0 Å². The topological polar surface area (TPSA) is 97.5 Å². The van der Waals surface area contributed by atoms with E-state index in [4.69, 9.17) is 9.47 Å². The Kier molecular flexibility index (Phi) is 4.68. The van der Waals surface area contributed by atoms with Gasteiger partial charge >= 0.3 is 5.16 Å². The van der Waals surface area contributed by atoms with E-state index in [0.29, 0.717) is 22.3 Å². The van der Waals surface area contributed by atoms with E-state index in [1.807, 2.05) is 24.4 Å². The summed E-state index contributed by atoms with van der Waals surface area (Å²) in [6.07, 6.45) is 6.59. The molecular formula is C17H15N5O3S2. The molecule has 1 unspecified atom stereocenters. The lowest BCUT2D eigenvalue weighted by Crippen LogP contribution is -2.03. The van der Waals surface area contributed by atoms with Crippen LogP contribution in [0.2, 0.25) is 0 Å². The van der Waals surface area contributed by atoms with E-state index in [1.165, 1.54) is 11.3 Å². The maximum Gasteiger partial charge on any atom is 0.342 e. The Morgan fingerprint density at radius 3 is 2.44 bits per heavy atom. The SMILES string of the molecule is COc1ccc(-c2nn3cc(-c4cnc([S+](C)[O-])nc4)nc3s2)cc1OC. The van der Waals surface area contributed by atoms with E-state index in [2.05, 4.69) is 20.1 Å². The first kappa shape index (κ1) is 17.7. The molecule has 138 valence electrons. The smallest absolute Gasteiger partial charge is 0.342 e. The largest absolute Gasteiger partial charge is 0.609 e. The van der Waals surface area contributed by atoms with Gasteiger partial charge in [0.15, 0.2) is 11.5 Å². The summed E-state index contributed by atoms with van der Waals surface area (Å²) in [6.45, 7) is 0. The molecule has 8 nitrogen and oxygen atoms in total. The van der Waals surface area contributed by atoms with E-state index < -0.39 is 11.2 Å². The summed E-state index contributed by atoms with van der Waals surface area (Å²) >= 11 is 0.254. The molecule has 3 heterocycles. The van der Waals surface area contributed by atoms with Gasteiger partial charge in [0.2, 0.25) is 4.96 Å². The van der Waals surface area contributed by atoms with E-state index >= 15 is 0 Å². The van der Waals surface area contributed by atoms with Crippen molar-refractivity contribution < 1.29 is 14.0 Å². The first-order valence-corrected chi connectivity index (χ1v) is 10.2. The van der Waals surface area contributed by atoms with E-state index in [1.54, 1.807) is 37.4 Å². The third-order valence-corrected chi connectivity index (χ3v) is 5.55. The Hall–Kier alpha value is -2.69. The third-order valence-electron chi connectivity index (χ3n) is 3.85. The van der Waals surface area contributed by atoms with Crippen LogP contribution in [0.5, 0.6) is 11.5 Å². The van der Waals surface area contributed by atoms with Gasteiger partial charge in [-0.2, -0.15) is 15.1 Å². The van der Waals surface area contributed by atoms with Gasteiger partial charge in [-0.3, -0.25) is 0 Å². The van der Waals surface area contributed by atoms with Crippen molar-refractivity contribution in [1.82, 2.24) is 24.6 Å². The van der Waals surface area contributed by atoms with Crippen molar-refractivity contribution >= 4 is 27.5 Å². The number of hydrogen-bond donors (Lipinski definition) is 0. The normalized spacial score (nSPS) is 12.3. The van der Waals surface area contributed by atoms with Crippen molar-refractivity contribution in [2.45, 2.75) is 5.16 Å². The summed E-state index contributed by atoms with van der Waals surface area (Å²) in [6, 6.07) is 5.66. The predicted molar refractivity (Wildman–Crippen MR) is 103 cm³/mol. The zero-order valence-corrected chi connectivity index (χ0v) is 16.4. The zero-order valence-electron chi connectivity index (χ0n) is 14.7. The summed E-state index contributed by atoms with van der Waals surface area (Å²) in [5.74, 6) is 1.32. The molecule has 0 fully saturated rings. The molecule has 0 N–H and O–H groups in total. The highest BCUT2D eigenvalue weighted by Crippen LogP contribution is 2.34. The van der Waals surface area contributed by atoms with Crippen molar-refractivity contribution in [1.29, 1.82) is 0 Å². The molecule has 0 aliphatic carbocycles. The number of hydrogen-bond acceptors (Lipinski definition) is 8. The molecule has 1 atom stereocenters. The van der Waals surface area contributed by atoms with E-state index in [-0.39, 0.29) is 0 Å². The first-order chi connectivity index (χ1) is 13.1. The van der Waals surface area contributed by atoms with Gasteiger partial charge in [-0.1, -0.05) is 11.3 Å². The molecular weight excluding hydrogens is 386 g/mol. The molecule has 4 aromatic rings. The quantitative estimate of drug-likeness (QED) is 0.374. The second-order valence-corrected chi connectivity index (χ2v) is 7.77. The van der Waals surface area contributed by atoms with Crippen LogP contribution < -0.4 is 9.47 Å². The van der Waals surface area contributed by atoms with Crippen LogP contribution in [0.3, 0.4) is 0 Å². The number of nitrogens with zero attached hydrogens (tertiary/aromatic N) is 5. The Morgan fingerprint density at radius 2 is 1.81 bits per heavy atom. The maximum absolute atomic E-state index is 11.4. The van der Waals surface area contributed by atoms with Crippen LogP contribution in [0.15, 0.2) is 41.9 Å². The molecule has 27 heavy (non-hydrogen) atoms. The number of ether oxygens (including phenoxy) is 2. The average Bonchev–Trinajstić information content (AvgIpc) is 3.26. The Labute approximate surface area is 162 Å². The van der Waals surface area contributed by atoms with Gasteiger partial charge in [-0.15, -0.1) is 0 Å². The Morgan fingerprint density at radius 1 is 1.07 bits per heavy atom. The van der Waals surface area contributed by atoms with Gasteiger partial charge in [0.1, 0.15) is 11.3 Å². The summed E-state index contributed by atoms with van der Waals surface area (Å²) < 4.78 is 23.7. The van der Waals surface area contributed by atoms with Gasteiger partial charge in [0.25, 0.3) is 0 Å². The molecule has 10 heteroatoms. The number of fused-ring (bicyclic) bond motifs is 1. The number of aromatic nitrogens is 5. The fourth-order valence-corrected chi connectivity index (χ4v) is 3.80.